The second-order valence-electron chi connectivity index (χ2n) is 5.22. The van der Waals surface area contributed by atoms with Gasteiger partial charge in [0, 0.05) is 16.5 Å². The van der Waals surface area contributed by atoms with Crippen molar-refractivity contribution in [2.45, 2.75) is 13.8 Å². The topological polar surface area (TPSA) is 48.8 Å². The zero-order valence-electron chi connectivity index (χ0n) is 12.3. The maximum Gasteiger partial charge on any atom is 0.119 e. The maximum atomic E-state index is 9.58. The van der Waals surface area contributed by atoms with Crippen LogP contribution in [0.1, 0.15) is 16.7 Å². The van der Waals surface area contributed by atoms with Gasteiger partial charge in [-0.05, 0) is 43.7 Å². The van der Waals surface area contributed by atoms with Crippen LogP contribution in [-0.2, 0) is 0 Å². The van der Waals surface area contributed by atoms with Crippen molar-refractivity contribution in [3.63, 3.8) is 0 Å². The number of fused-ring (bicyclic) bond motifs is 1. The van der Waals surface area contributed by atoms with Gasteiger partial charge < -0.3 is 9.72 Å². The summed E-state index contributed by atoms with van der Waals surface area (Å²) in [5.41, 5.74) is 5.89. The lowest BCUT2D eigenvalue weighted by Crippen LogP contribution is -1.87. The highest BCUT2D eigenvalue weighted by molar-refractivity contribution is 5.94. The molecule has 2 aromatic carbocycles. The molecule has 0 atom stereocenters. The first kappa shape index (κ1) is 13.3. The van der Waals surface area contributed by atoms with Gasteiger partial charge in [-0.2, -0.15) is 5.26 Å². The van der Waals surface area contributed by atoms with Gasteiger partial charge in [-0.3, -0.25) is 0 Å². The lowest BCUT2D eigenvalue weighted by atomic mass is 10.00. The Kier molecular flexibility index (Phi) is 3.15. The van der Waals surface area contributed by atoms with Crippen LogP contribution in [0, 0.1) is 25.2 Å². The molecule has 21 heavy (non-hydrogen) atoms. The molecule has 3 heteroatoms. The van der Waals surface area contributed by atoms with Crippen molar-refractivity contribution in [2.24, 2.45) is 0 Å². The van der Waals surface area contributed by atoms with Crippen molar-refractivity contribution in [2.75, 3.05) is 7.11 Å². The van der Waals surface area contributed by atoms with E-state index in [9.17, 15) is 5.26 Å². The van der Waals surface area contributed by atoms with Crippen molar-refractivity contribution in [1.29, 1.82) is 5.26 Å². The van der Waals surface area contributed by atoms with Gasteiger partial charge in [0.1, 0.15) is 11.8 Å². The number of benzene rings is 2. The average molecular weight is 276 g/mol. The smallest absolute Gasteiger partial charge is 0.119 e. The Morgan fingerprint density at radius 3 is 2.62 bits per heavy atom. The Hall–Kier alpha value is -2.73. The Bertz CT molecular complexity index is 869. The van der Waals surface area contributed by atoms with Gasteiger partial charge in [-0.15, -0.1) is 0 Å². The molecule has 3 nitrogen and oxygen atoms in total. The molecule has 1 N–H and O–H groups in total. The summed E-state index contributed by atoms with van der Waals surface area (Å²) >= 11 is 0. The molecular weight excluding hydrogens is 260 g/mol. The number of aryl methyl sites for hydroxylation is 2. The molecule has 1 heterocycles. The highest BCUT2D eigenvalue weighted by atomic mass is 16.5. The molecule has 104 valence electrons. The second kappa shape index (κ2) is 4.99. The van der Waals surface area contributed by atoms with E-state index in [4.69, 9.17) is 4.74 Å². The number of aromatic amines is 1. The van der Waals surface area contributed by atoms with E-state index in [1.807, 2.05) is 18.2 Å². The predicted molar refractivity (Wildman–Crippen MR) is 84.5 cm³/mol. The molecule has 0 aliphatic carbocycles. The van der Waals surface area contributed by atoms with Gasteiger partial charge in [0.15, 0.2) is 0 Å². The third kappa shape index (κ3) is 2.15. The highest BCUT2D eigenvalue weighted by Crippen LogP contribution is 2.33. The molecule has 0 radical (unpaired) electrons. The number of aromatic nitrogens is 1. The molecule has 3 rings (SSSR count). The van der Waals surface area contributed by atoms with Crippen molar-refractivity contribution in [3.05, 3.63) is 53.1 Å². The van der Waals surface area contributed by atoms with Gasteiger partial charge in [0.2, 0.25) is 0 Å². The summed E-state index contributed by atoms with van der Waals surface area (Å²) in [6, 6.07) is 14.3. The van der Waals surface area contributed by atoms with Crippen LogP contribution >= 0.6 is 0 Å². The fourth-order valence-electron chi connectivity index (χ4n) is 2.62. The molecule has 0 amide bonds. The van der Waals surface area contributed by atoms with E-state index in [2.05, 4.69) is 43.1 Å². The normalized spacial score (nSPS) is 10.6. The Labute approximate surface area is 123 Å². The molecule has 0 spiro atoms. The van der Waals surface area contributed by atoms with E-state index in [1.165, 1.54) is 5.56 Å². The minimum absolute atomic E-state index is 0.664. The molecule has 0 saturated heterocycles. The fraction of sp³-hybridized carbons (Fsp3) is 0.167. The van der Waals surface area contributed by atoms with E-state index in [-0.39, 0.29) is 0 Å². The number of H-pyrrole nitrogens is 1. The molecule has 1 aromatic heterocycles. The van der Waals surface area contributed by atoms with Gasteiger partial charge in [0.05, 0.1) is 18.4 Å². The summed E-state index contributed by atoms with van der Waals surface area (Å²) in [6.45, 7) is 4.11. The first-order valence-corrected chi connectivity index (χ1v) is 6.81. The minimum Gasteiger partial charge on any atom is -0.497 e. The van der Waals surface area contributed by atoms with Crippen molar-refractivity contribution < 1.29 is 4.74 Å². The van der Waals surface area contributed by atoms with Gasteiger partial charge in [-0.1, -0.05) is 17.7 Å². The van der Waals surface area contributed by atoms with Gasteiger partial charge in [-0.25, -0.2) is 0 Å². The summed E-state index contributed by atoms with van der Waals surface area (Å²) in [7, 11) is 1.63. The number of nitrogens with one attached hydrogen (secondary N) is 1. The third-order valence-corrected chi connectivity index (χ3v) is 3.78. The van der Waals surface area contributed by atoms with E-state index < -0.39 is 0 Å². The standard InChI is InChI=1S/C18H16N2O/c1-11-4-5-12(2)14(8-11)18-16(10-19)15-9-13(21-3)6-7-17(15)20-18/h4-9,20H,1-3H3. The molecule has 0 bridgehead atoms. The maximum absolute atomic E-state index is 9.58. The van der Waals surface area contributed by atoms with Crippen LogP contribution in [-0.4, -0.2) is 12.1 Å². The first-order valence-electron chi connectivity index (χ1n) is 6.81. The summed E-state index contributed by atoms with van der Waals surface area (Å²) in [6.07, 6.45) is 0. The van der Waals surface area contributed by atoms with E-state index in [0.717, 1.165) is 33.5 Å². The highest BCUT2D eigenvalue weighted by Gasteiger charge is 2.15. The van der Waals surface area contributed by atoms with Crippen molar-refractivity contribution in [1.82, 2.24) is 4.98 Å². The quantitative estimate of drug-likeness (QED) is 0.757. The molecular formula is C18H16N2O. The molecule has 0 unspecified atom stereocenters. The lowest BCUT2D eigenvalue weighted by molar-refractivity contribution is 0.415. The second-order valence-corrected chi connectivity index (χ2v) is 5.22. The van der Waals surface area contributed by atoms with E-state index in [0.29, 0.717) is 5.56 Å². The Balaban J connectivity index is 2.33. The molecule has 0 saturated carbocycles. The van der Waals surface area contributed by atoms with E-state index >= 15 is 0 Å². The van der Waals surface area contributed by atoms with Gasteiger partial charge in [0.25, 0.3) is 0 Å². The van der Waals surface area contributed by atoms with E-state index in [1.54, 1.807) is 7.11 Å². The van der Waals surface area contributed by atoms with Crippen LogP contribution in [0.5, 0.6) is 5.75 Å². The van der Waals surface area contributed by atoms with Crippen molar-refractivity contribution in [3.8, 4) is 23.1 Å². The predicted octanol–water partition coefficient (Wildman–Crippen LogP) is 4.33. The zero-order valence-corrected chi connectivity index (χ0v) is 12.3. The molecule has 0 fully saturated rings. The monoisotopic (exact) mass is 276 g/mol. The summed E-state index contributed by atoms with van der Waals surface area (Å²) in [5, 5.41) is 10.5. The van der Waals surface area contributed by atoms with Crippen LogP contribution in [0.2, 0.25) is 0 Å². The minimum atomic E-state index is 0.664. The molecule has 0 aliphatic rings. The SMILES string of the molecule is COc1ccc2[nH]c(-c3cc(C)ccc3C)c(C#N)c2c1. The van der Waals surface area contributed by atoms with Crippen LogP contribution in [0.4, 0.5) is 0 Å². The Morgan fingerprint density at radius 1 is 1.10 bits per heavy atom. The summed E-state index contributed by atoms with van der Waals surface area (Å²) < 4.78 is 5.26. The van der Waals surface area contributed by atoms with Gasteiger partial charge >= 0.3 is 0 Å². The Morgan fingerprint density at radius 2 is 1.90 bits per heavy atom. The largest absolute Gasteiger partial charge is 0.497 e. The lowest BCUT2D eigenvalue weighted by Gasteiger charge is -2.05. The zero-order chi connectivity index (χ0) is 15.0. The van der Waals surface area contributed by atoms with Crippen LogP contribution in [0.3, 0.4) is 0 Å². The number of methoxy groups -OCH3 is 1. The number of nitrogens with zero attached hydrogens (tertiary/aromatic N) is 1. The molecule has 3 aromatic rings. The summed E-state index contributed by atoms with van der Waals surface area (Å²) in [4.78, 5) is 3.37. The number of hydrogen-bond acceptors (Lipinski definition) is 2. The third-order valence-electron chi connectivity index (χ3n) is 3.78. The average Bonchev–Trinajstić information content (AvgIpc) is 2.86. The summed E-state index contributed by atoms with van der Waals surface area (Å²) in [5.74, 6) is 0.755. The van der Waals surface area contributed by atoms with Crippen LogP contribution in [0.25, 0.3) is 22.2 Å². The van der Waals surface area contributed by atoms with Crippen molar-refractivity contribution >= 4 is 10.9 Å². The number of nitriles is 1. The van der Waals surface area contributed by atoms with Crippen LogP contribution < -0.4 is 4.74 Å². The molecule has 0 aliphatic heterocycles. The fourth-order valence-corrected chi connectivity index (χ4v) is 2.62. The van der Waals surface area contributed by atoms with Crippen LogP contribution in [0.15, 0.2) is 36.4 Å². The first-order chi connectivity index (χ1) is 10.1. The number of hydrogen-bond donors (Lipinski definition) is 1. The number of ether oxygens (including phenoxy) is 1. The number of rotatable bonds is 2.